The lowest BCUT2D eigenvalue weighted by Gasteiger charge is -2.37. The number of ether oxygens (including phenoxy) is 2. The largest absolute Gasteiger partial charge is 0.493 e. The van der Waals surface area contributed by atoms with E-state index in [4.69, 9.17) is 19.6 Å². The number of aliphatic hydroxyl groups is 1. The van der Waals surface area contributed by atoms with Gasteiger partial charge in [-0.3, -0.25) is 4.99 Å². The minimum Gasteiger partial charge on any atom is -0.493 e. The molecule has 0 amide bonds. The molecule has 7 heteroatoms. The summed E-state index contributed by atoms with van der Waals surface area (Å²) in [5.74, 6) is 0.331. The van der Waals surface area contributed by atoms with Crippen molar-refractivity contribution in [2.24, 2.45) is 4.99 Å². The number of aromatic nitrogens is 1. The fourth-order valence-electron chi connectivity index (χ4n) is 4.26. The van der Waals surface area contributed by atoms with Crippen LogP contribution in [0.4, 0.5) is 0 Å². The number of fused-ring (bicyclic) bond motifs is 3. The van der Waals surface area contributed by atoms with Crippen LogP contribution in [0.1, 0.15) is 59.3 Å². The number of aromatic carboxylic acids is 1. The van der Waals surface area contributed by atoms with Crippen molar-refractivity contribution in [3.05, 3.63) is 52.8 Å². The van der Waals surface area contributed by atoms with Crippen LogP contribution >= 0.6 is 0 Å². The van der Waals surface area contributed by atoms with Crippen LogP contribution in [0, 0.1) is 0 Å². The first kappa shape index (κ1) is 19.4. The first-order valence-corrected chi connectivity index (χ1v) is 9.82. The number of rotatable bonds is 5. The SMILES string of the molecule is CCOc1cc2c(cc1OC)C(c1ccc(C(=O)O)nc1)=N[C@@H]1CC[C@@H](O)C[C@H]21. The molecule has 1 aromatic carbocycles. The van der Waals surface area contributed by atoms with Crippen LogP contribution in [-0.4, -0.2) is 52.7 Å². The van der Waals surface area contributed by atoms with Gasteiger partial charge in [-0.1, -0.05) is 0 Å². The predicted molar refractivity (Wildman–Crippen MR) is 107 cm³/mol. The normalized spacial score (nSPS) is 22.9. The Kier molecular flexibility index (Phi) is 5.24. The highest BCUT2D eigenvalue weighted by molar-refractivity contribution is 6.15. The van der Waals surface area contributed by atoms with E-state index in [1.165, 1.54) is 6.07 Å². The molecule has 1 aromatic heterocycles. The molecule has 3 atom stereocenters. The van der Waals surface area contributed by atoms with Crippen LogP contribution in [0.2, 0.25) is 0 Å². The van der Waals surface area contributed by atoms with E-state index < -0.39 is 5.97 Å². The zero-order valence-corrected chi connectivity index (χ0v) is 16.5. The zero-order valence-electron chi connectivity index (χ0n) is 16.5. The van der Waals surface area contributed by atoms with Crippen molar-refractivity contribution in [2.45, 2.75) is 44.2 Å². The molecule has 2 N–H and O–H groups in total. The molecule has 1 fully saturated rings. The Morgan fingerprint density at radius 1 is 1.24 bits per heavy atom. The molecule has 7 nitrogen and oxygen atoms in total. The lowest BCUT2D eigenvalue weighted by atomic mass is 9.74. The summed E-state index contributed by atoms with van der Waals surface area (Å²) in [6.07, 6.45) is 3.38. The second kappa shape index (κ2) is 7.83. The number of hydrogen-bond acceptors (Lipinski definition) is 6. The van der Waals surface area contributed by atoms with Crippen molar-refractivity contribution >= 4 is 11.7 Å². The van der Waals surface area contributed by atoms with E-state index in [1.54, 1.807) is 19.4 Å². The average Bonchev–Trinajstić information content (AvgIpc) is 2.73. The van der Waals surface area contributed by atoms with E-state index >= 15 is 0 Å². The third-order valence-corrected chi connectivity index (χ3v) is 5.63. The maximum absolute atomic E-state index is 11.1. The first-order valence-electron chi connectivity index (χ1n) is 9.82. The molecule has 0 spiro atoms. The van der Waals surface area contributed by atoms with Gasteiger partial charge < -0.3 is 19.7 Å². The van der Waals surface area contributed by atoms with Gasteiger partial charge in [-0.25, -0.2) is 9.78 Å². The maximum atomic E-state index is 11.1. The number of hydrogen-bond donors (Lipinski definition) is 2. The third kappa shape index (κ3) is 3.58. The van der Waals surface area contributed by atoms with Crippen molar-refractivity contribution in [2.75, 3.05) is 13.7 Å². The lowest BCUT2D eigenvalue weighted by Crippen LogP contribution is -2.34. The molecule has 152 valence electrons. The molecule has 0 bridgehead atoms. The van der Waals surface area contributed by atoms with Gasteiger partial charge in [0.15, 0.2) is 11.5 Å². The number of pyridine rings is 1. The number of aliphatic hydroxyl groups excluding tert-OH is 1. The number of carbonyl (C=O) groups is 1. The van der Waals surface area contributed by atoms with Crippen LogP contribution < -0.4 is 9.47 Å². The Labute approximate surface area is 169 Å². The molecule has 1 saturated carbocycles. The molecule has 1 aliphatic carbocycles. The van der Waals surface area contributed by atoms with Crippen LogP contribution in [0.5, 0.6) is 11.5 Å². The highest BCUT2D eigenvalue weighted by Crippen LogP contribution is 2.44. The summed E-state index contributed by atoms with van der Waals surface area (Å²) >= 11 is 0. The third-order valence-electron chi connectivity index (χ3n) is 5.63. The van der Waals surface area contributed by atoms with Crippen LogP contribution in [0.3, 0.4) is 0 Å². The molecule has 29 heavy (non-hydrogen) atoms. The molecular weight excluding hydrogens is 372 g/mol. The summed E-state index contributed by atoms with van der Waals surface area (Å²) in [5, 5.41) is 19.4. The Morgan fingerprint density at radius 3 is 2.72 bits per heavy atom. The van der Waals surface area contributed by atoms with Crippen molar-refractivity contribution < 1.29 is 24.5 Å². The molecule has 1 aliphatic heterocycles. The van der Waals surface area contributed by atoms with Gasteiger partial charge in [0.1, 0.15) is 5.69 Å². The second-order valence-electron chi connectivity index (χ2n) is 7.38. The van der Waals surface area contributed by atoms with Gasteiger partial charge in [0.2, 0.25) is 0 Å². The maximum Gasteiger partial charge on any atom is 0.354 e. The quantitative estimate of drug-likeness (QED) is 0.806. The van der Waals surface area contributed by atoms with Gasteiger partial charge in [0.05, 0.1) is 31.6 Å². The molecule has 0 radical (unpaired) electrons. The smallest absolute Gasteiger partial charge is 0.354 e. The average molecular weight is 396 g/mol. The predicted octanol–water partition coefficient (Wildman–Crippen LogP) is 3.04. The monoisotopic (exact) mass is 396 g/mol. The van der Waals surface area contributed by atoms with Crippen LogP contribution in [-0.2, 0) is 0 Å². The van der Waals surface area contributed by atoms with E-state index in [9.17, 15) is 9.90 Å². The number of carboxylic acids is 1. The van der Waals surface area contributed by atoms with Gasteiger partial charge in [0.25, 0.3) is 0 Å². The Balaban J connectivity index is 1.85. The Bertz CT molecular complexity index is 954. The number of carboxylic acid groups (broad SMARTS) is 1. The number of aliphatic imine (C=N–C) groups is 1. The van der Waals surface area contributed by atoms with Crippen molar-refractivity contribution in [3.63, 3.8) is 0 Å². The summed E-state index contributed by atoms with van der Waals surface area (Å²) in [5.41, 5.74) is 3.50. The van der Waals surface area contributed by atoms with Crippen molar-refractivity contribution in [1.29, 1.82) is 0 Å². The Hall–Kier alpha value is -2.93. The van der Waals surface area contributed by atoms with E-state index in [-0.39, 0.29) is 23.8 Å². The van der Waals surface area contributed by atoms with Gasteiger partial charge >= 0.3 is 5.97 Å². The van der Waals surface area contributed by atoms with Gasteiger partial charge in [-0.2, -0.15) is 0 Å². The van der Waals surface area contributed by atoms with E-state index in [0.717, 1.165) is 35.2 Å². The van der Waals surface area contributed by atoms with E-state index in [0.29, 0.717) is 24.5 Å². The summed E-state index contributed by atoms with van der Waals surface area (Å²) in [6.45, 7) is 2.45. The highest BCUT2D eigenvalue weighted by atomic mass is 16.5. The highest BCUT2D eigenvalue weighted by Gasteiger charge is 2.37. The second-order valence-corrected chi connectivity index (χ2v) is 7.38. The van der Waals surface area contributed by atoms with Crippen molar-refractivity contribution in [1.82, 2.24) is 4.98 Å². The van der Waals surface area contributed by atoms with Crippen LogP contribution in [0.15, 0.2) is 35.5 Å². The van der Waals surface area contributed by atoms with E-state index in [2.05, 4.69) is 4.98 Å². The standard InChI is InChI=1S/C22H24N2O5/c1-3-29-20-9-14-15-8-13(25)5-7-17(15)24-21(16(14)10-19(20)28-2)12-4-6-18(22(26)27)23-11-12/h4,6,9-11,13,15,17,25H,3,5,7-8H2,1-2H3,(H,26,27)/t13-,15-,17-/m1/s1. The summed E-state index contributed by atoms with van der Waals surface area (Å²) in [6, 6.07) is 7.20. The number of nitrogens with zero attached hydrogens (tertiary/aromatic N) is 2. The van der Waals surface area contributed by atoms with Gasteiger partial charge in [-0.15, -0.1) is 0 Å². The number of benzene rings is 1. The molecule has 0 unspecified atom stereocenters. The van der Waals surface area contributed by atoms with E-state index in [1.807, 2.05) is 19.1 Å². The first-order chi connectivity index (χ1) is 14.0. The summed E-state index contributed by atoms with van der Waals surface area (Å²) in [4.78, 5) is 20.2. The molecule has 2 aromatic rings. The molecule has 0 saturated heterocycles. The Morgan fingerprint density at radius 2 is 2.07 bits per heavy atom. The van der Waals surface area contributed by atoms with Gasteiger partial charge in [-0.05, 0) is 56.0 Å². The number of methoxy groups -OCH3 is 1. The molecule has 2 heterocycles. The summed E-state index contributed by atoms with van der Waals surface area (Å²) in [7, 11) is 1.60. The zero-order chi connectivity index (χ0) is 20.5. The topological polar surface area (TPSA) is 101 Å². The lowest BCUT2D eigenvalue weighted by molar-refractivity contribution is 0.0690. The minimum absolute atomic E-state index is 0.00618. The fraction of sp³-hybridized carbons (Fsp3) is 0.409. The fourth-order valence-corrected chi connectivity index (χ4v) is 4.26. The molecule has 2 aliphatic rings. The minimum atomic E-state index is -1.06. The van der Waals surface area contributed by atoms with Gasteiger partial charge in [0, 0.05) is 23.2 Å². The summed E-state index contributed by atoms with van der Waals surface area (Å²) < 4.78 is 11.3. The molecular formula is C22H24N2O5. The van der Waals surface area contributed by atoms with Crippen LogP contribution in [0.25, 0.3) is 0 Å². The molecule has 4 rings (SSSR count). The van der Waals surface area contributed by atoms with Crippen molar-refractivity contribution in [3.8, 4) is 11.5 Å².